The van der Waals surface area contributed by atoms with Gasteiger partial charge in [-0.1, -0.05) is 47.5 Å². The topological polar surface area (TPSA) is 12.0 Å². The molecule has 0 bridgehead atoms. The first kappa shape index (κ1) is 13.0. The maximum atomic E-state index is 3.39. The predicted molar refractivity (Wildman–Crippen MR) is 68.0 cm³/mol. The number of hydrogen-bond acceptors (Lipinski definition) is 1. The Morgan fingerprint density at radius 2 is 2.00 bits per heavy atom. The second kappa shape index (κ2) is 4.45. The molecule has 0 amide bonds. The van der Waals surface area contributed by atoms with E-state index in [4.69, 9.17) is 0 Å². The lowest BCUT2D eigenvalue weighted by atomic mass is 9.72. The molecule has 15 heavy (non-hydrogen) atoms. The summed E-state index contributed by atoms with van der Waals surface area (Å²) in [7, 11) is 2.09. The molecule has 90 valence electrons. The third kappa shape index (κ3) is 2.55. The van der Waals surface area contributed by atoms with Gasteiger partial charge in [0.1, 0.15) is 0 Å². The summed E-state index contributed by atoms with van der Waals surface area (Å²) in [5.74, 6) is 1.79. The molecular formula is C14H29N. The molecule has 3 atom stereocenters. The van der Waals surface area contributed by atoms with Crippen LogP contribution in [0.5, 0.6) is 0 Å². The van der Waals surface area contributed by atoms with E-state index in [2.05, 4.69) is 47.0 Å². The molecule has 0 saturated heterocycles. The van der Waals surface area contributed by atoms with Crippen LogP contribution >= 0.6 is 0 Å². The average Bonchev–Trinajstić information content (AvgIpc) is 2.87. The van der Waals surface area contributed by atoms with Gasteiger partial charge in [0.2, 0.25) is 0 Å². The van der Waals surface area contributed by atoms with Gasteiger partial charge >= 0.3 is 0 Å². The van der Waals surface area contributed by atoms with Crippen molar-refractivity contribution in [1.29, 1.82) is 0 Å². The predicted octanol–water partition coefficient (Wildman–Crippen LogP) is 3.69. The Hall–Kier alpha value is -0.0400. The summed E-state index contributed by atoms with van der Waals surface area (Å²) in [6.45, 7) is 13.2. The van der Waals surface area contributed by atoms with Gasteiger partial charge in [-0.15, -0.1) is 0 Å². The second-order valence-corrected chi connectivity index (χ2v) is 6.32. The zero-order chi connectivity index (χ0) is 11.7. The van der Waals surface area contributed by atoms with Crippen LogP contribution in [0.15, 0.2) is 0 Å². The normalized spacial score (nSPS) is 32.8. The first-order chi connectivity index (χ1) is 6.91. The van der Waals surface area contributed by atoms with E-state index in [0.29, 0.717) is 10.8 Å². The van der Waals surface area contributed by atoms with E-state index in [1.165, 1.54) is 25.8 Å². The van der Waals surface area contributed by atoms with Crippen LogP contribution in [0, 0.1) is 22.7 Å². The van der Waals surface area contributed by atoms with Crippen molar-refractivity contribution in [2.75, 3.05) is 13.6 Å². The maximum Gasteiger partial charge on any atom is -0.00156 e. The molecule has 0 aliphatic heterocycles. The number of hydrogen-bond donors (Lipinski definition) is 1. The Morgan fingerprint density at radius 3 is 2.33 bits per heavy atom. The highest BCUT2D eigenvalue weighted by Gasteiger charge is 2.54. The zero-order valence-corrected chi connectivity index (χ0v) is 11.5. The highest BCUT2D eigenvalue weighted by molar-refractivity contribution is 5.04. The van der Waals surface area contributed by atoms with Crippen molar-refractivity contribution >= 4 is 0 Å². The van der Waals surface area contributed by atoms with Crippen molar-refractivity contribution in [2.45, 2.75) is 53.9 Å². The molecule has 1 N–H and O–H groups in total. The molecule has 1 aliphatic carbocycles. The van der Waals surface area contributed by atoms with Crippen molar-refractivity contribution in [3.8, 4) is 0 Å². The fraction of sp³-hybridized carbons (Fsp3) is 1.00. The van der Waals surface area contributed by atoms with Crippen LogP contribution in [-0.4, -0.2) is 13.6 Å². The molecule has 1 nitrogen and oxygen atoms in total. The SMILES string of the molecule is CCC(C)(C)C(CNC)C1CC1(C)CC. The summed E-state index contributed by atoms with van der Waals surface area (Å²) in [5.41, 5.74) is 1.13. The van der Waals surface area contributed by atoms with Gasteiger partial charge in [-0.25, -0.2) is 0 Å². The summed E-state index contributed by atoms with van der Waals surface area (Å²) in [6.07, 6.45) is 4.08. The summed E-state index contributed by atoms with van der Waals surface area (Å²) in [4.78, 5) is 0. The molecule has 1 saturated carbocycles. The lowest BCUT2D eigenvalue weighted by Crippen LogP contribution is -2.34. The molecule has 1 heteroatoms. The Morgan fingerprint density at radius 1 is 1.40 bits per heavy atom. The van der Waals surface area contributed by atoms with Crippen molar-refractivity contribution < 1.29 is 0 Å². The quantitative estimate of drug-likeness (QED) is 0.706. The van der Waals surface area contributed by atoms with E-state index >= 15 is 0 Å². The van der Waals surface area contributed by atoms with Crippen LogP contribution in [0.1, 0.15) is 53.9 Å². The van der Waals surface area contributed by atoms with E-state index in [1.54, 1.807) is 0 Å². The number of nitrogens with one attached hydrogen (secondary N) is 1. The summed E-state index contributed by atoms with van der Waals surface area (Å²) in [5, 5.41) is 3.39. The monoisotopic (exact) mass is 211 g/mol. The van der Waals surface area contributed by atoms with E-state index in [1.807, 2.05) is 0 Å². The van der Waals surface area contributed by atoms with Crippen molar-refractivity contribution in [3.63, 3.8) is 0 Å². The largest absolute Gasteiger partial charge is 0.319 e. The Labute approximate surface area is 96.0 Å². The molecule has 1 fully saturated rings. The summed E-state index contributed by atoms with van der Waals surface area (Å²) < 4.78 is 0. The molecule has 0 radical (unpaired) electrons. The Kier molecular flexibility index (Phi) is 3.86. The van der Waals surface area contributed by atoms with E-state index < -0.39 is 0 Å². The van der Waals surface area contributed by atoms with Gasteiger partial charge in [-0.2, -0.15) is 0 Å². The van der Waals surface area contributed by atoms with Gasteiger partial charge in [0.05, 0.1) is 0 Å². The van der Waals surface area contributed by atoms with Crippen LogP contribution in [0.3, 0.4) is 0 Å². The first-order valence-electron chi connectivity index (χ1n) is 6.56. The molecular weight excluding hydrogens is 182 g/mol. The van der Waals surface area contributed by atoms with Crippen LogP contribution < -0.4 is 5.32 Å². The van der Waals surface area contributed by atoms with Gasteiger partial charge in [0.15, 0.2) is 0 Å². The minimum Gasteiger partial charge on any atom is -0.319 e. The van der Waals surface area contributed by atoms with Crippen molar-refractivity contribution in [1.82, 2.24) is 5.32 Å². The summed E-state index contributed by atoms with van der Waals surface area (Å²) >= 11 is 0. The van der Waals surface area contributed by atoms with E-state index in [-0.39, 0.29) is 0 Å². The van der Waals surface area contributed by atoms with Gasteiger partial charge in [-0.3, -0.25) is 0 Å². The van der Waals surface area contributed by atoms with Crippen molar-refractivity contribution in [2.24, 2.45) is 22.7 Å². The van der Waals surface area contributed by atoms with Crippen LogP contribution in [0.4, 0.5) is 0 Å². The summed E-state index contributed by atoms with van der Waals surface area (Å²) in [6, 6.07) is 0. The minimum atomic E-state index is 0.487. The van der Waals surface area contributed by atoms with Crippen LogP contribution in [-0.2, 0) is 0 Å². The smallest absolute Gasteiger partial charge is 0.00156 e. The molecule has 0 aromatic heterocycles. The number of rotatable bonds is 6. The molecule has 0 aromatic rings. The Balaban J connectivity index is 2.69. The molecule has 1 rings (SSSR count). The maximum absolute atomic E-state index is 3.39. The van der Waals surface area contributed by atoms with Gasteiger partial charge < -0.3 is 5.32 Å². The molecule has 1 aliphatic rings. The molecule has 0 spiro atoms. The van der Waals surface area contributed by atoms with Gasteiger partial charge in [0.25, 0.3) is 0 Å². The lowest BCUT2D eigenvalue weighted by Gasteiger charge is -2.35. The van der Waals surface area contributed by atoms with E-state index in [0.717, 1.165) is 11.8 Å². The van der Waals surface area contributed by atoms with Gasteiger partial charge in [-0.05, 0) is 42.7 Å². The standard InChI is InChI=1S/C14H29N/c1-7-13(3,4)12(10-15-6)11-9-14(11,5)8-2/h11-12,15H,7-10H2,1-6H3. The minimum absolute atomic E-state index is 0.487. The third-order valence-electron chi connectivity index (χ3n) is 5.05. The van der Waals surface area contributed by atoms with Gasteiger partial charge in [0, 0.05) is 0 Å². The van der Waals surface area contributed by atoms with E-state index in [9.17, 15) is 0 Å². The molecule has 0 heterocycles. The average molecular weight is 211 g/mol. The van der Waals surface area contributed by atoms with Crippen LogP contribution in [0.2, 0.25) is 0 Å². The van der Waals surface area contributed by atoms with Crippen LogP contribution in [0.25, 0.3) is 0 Å². The third-order valence-corrected chi connectivity index (χ3v) is 5.05. The van der Waals surface area contributed by atoms with Crippen molar-refractivity contribution in [3.05, 3.63) is 0 Å². The molecule has 0 aromatic carbocycles. The Bertz CT molecular complexity index is 209. The molecule has 3 unspecified atom stereocenters. The highest BCUT2D eigenvalue weighted by Crippen LogP contribution is 2.61. The first-order valence-corrected chi connectivity index (χ1v) is 6.56. The zero-order valence-electron chi connectivity index (χ0n) is 11.5. The fourth-order valence-corrected chi connectivity index (χ4v) is 2.92. The highest BCUT2D eigenvalue weighted by atomic mass is 14.8. The fourth-order valence-electron chi connectivity index (χ4n) is 2.92. The second-order valence-electron chi connectivity index (χ2n) is 6.32. The lowest BCUT2D eigenvalue weighted by molar-refractivity contribution is 0.156.